The van der Waals surface area contributed by atoms with Gasteiger partial charge in [-0.1, -0.05) is 6.07 Å². The quantitative estimate of drug-likeness (QED) is 0.837. The molecule has 2 aromatic rings. The van der Waals surface area contributed by atoms with E-state index in [9.17, 15) is 4.79 Å². The maximum Gasteiger partial charge on any atom is 0.271 e. The predicted molar refractivity (Wildman–Crippen MR) is 65.5 cm³/mol. The topological polar surface area (TPSA) is 59.8 Å². The Kier molecular flexibility index (Phi) is 3.30. The van der Waals surface area contributed by atoms with Crippen molar-refractivity contribution in [2.24, 2.45) is 7.05 Å². The van der Waals surface area contributed by atoms with Gasteiger partial charge < -0.3 is 5.32 Å². The van der Waals surface area contributed by atoms with Crippen molar-refractivity contribution in [3.63, 3.8) is 0 Å². The maximum absolute atomic E-state index is 11.8. The van der Waals surface area contributed by atoms with Crippen molar-refractivity contribution in [3.8, 4) is 11.4 Å². The first-order valence-electron chi connectivity index (χ1n) is 5.35. The van der Waals surface area contributed by atoms with Crippen LogP contribution in [0.25, 0.3) is 11.4 Å². The van der Waals surface area contributed by atoms with Crippen molar-refractivity contribution in [1.29, 1.82) is 0 Å². The van der Waals surface area contributed by atoms with Gasteiger partial charge in [-0.2, -0.15) is 5.10 Å². The molecule has 2 aromatic heterocycles. The monoisotopic (exact) mass is 230 g/mol. The van der Waals surface area contributed by atoms with Gasteiger partial charge in [-0.05, 0) is 25.2 Å². The highest BCUT2D eigenvalue weighted by molar-refractivity contribution is 5.53. The highest BCUT2D eigenvalue weighted by Crippen LogP contribution is 2.12. The van der Waals surface area contributed by atoms with Crippen LogP contribution in [0.15, 0.2) is 35.3 Å². The summed E-state index contributed by atoms with van der Waals surface area (Å²) in [4.78, 5) is 16.0. The highest BCUT2D eigenvalue weighted by Gasteiger charge is 2.07. The molecule has 0 saturated carbocycles. The molecule has 1 N–H and O–H groups in total. The van der Waals surface area contributed by atoms with Crippen molar-refractivity contribution in [2.75, 3.05) is 7.05 Å². The van der Waals surface area contributed by atoms with Gasteiger partial charge in [0.05, 0.1) is 5.69 Å². The van der Waals surface area contributed by atoms with E-state index in [-0.39, 0.29) is 5.56 Å². The lowest BCUT2D eigenvalue weighted by Crippen LogP contribution is -2.26. The van der Waals surface area contributed by atoms with Crippen molar-refractivity contribution in [2.45, 2.75) is 6.54 Å². The zero-order chi connectivity index (χ0) is 12.3. The van der Waals surface area contributed by atoms with Crippen LogP contribution in [0.2, 0.25) is 0 Å². The average Bonchev–Trinajstić information content (AvgIpc) is 2.36. The number of nitrogens with one attached hydrogen (secondary N) is 1. The largest absolute Gasteiger partial charge is 0.315 e. The van der Waals surface area contributed by atoms with Crippen LogP contribution in [0.5, 0.6) is 0 Å². The summed E-state index contributed by atoms with van der Waals surface area (Å²) >= 11 is 0. The molecule has 5 heteroatoms. The Hall–Kier alpha value is -2.01. The van der Waals surface area contributed by atoms with Crippen molar-refractivity contribution >= 4 is 0 Å². The Morgan fingerprint density at radius 3 is 2.82 bits per heavy atom. The maximum atomic E-state index is 11.8. The van der Waals surface area contributed by atoms with Gasteiger partial charge in [0, 0.05) is 25.4 Å². The van der Waals surface area contributed by atoms with Gasteiger partial charge in [0.1, 0.15) is 5.69 Å². The summed E-state index contributed by atoms with van der Waals surface area (Å²) in [5.41, 5.74) is 2.07. The normalized spacial score (nSPS) is 10.5. The molecule has 17 heavy (non-hydrogen) atoms. The summed E-state index contributed by atoms with van der Waals surface area (Å²) < 4.78 is 1.34. The first-order chi connectivity index (χ1) is 8.22. The molecule has 0 fully saturated rings. The van der Waals surface area contributed by atoms with E-state index in [1.165, 1.54) is 4.68 Å². The third-order valence-electron chi connectivity index (χ3n) is 2.43. The van der Waals surface area contributed by atoms with Crippen molar-refractivity contribution in [1.82, 2.24) is 20.1 Å². The second-order valence-corrected chi connectivity index (χ2v) is 3.73. The van der Waals surface area contributed by atoms with Gasteiger partial charge >= 0.3 is 0 Å². The molecule has 0 aromatic carbocycles. The van der Waals surface area contributed by atoms with E-state index in [0.717, 1.165) is 5.69 Å². The van der Waals surface area contributed by atoms with Gasteiger partial charge in [-0.3, -0.25) is 9.78 Å². The lowest BCUT2D eigenvalue weighted by molar-refractivity contribution is 0.682. The van der Waals surface area contributed by atoms with Crippen LogP contribution >= 0.6 is 0 Å². The summed E-state index contributed by atoms with van der Waals surface area (Å²) in [5, 5.41) is 7.17. The van der Waals surface area contributed by atoms with Gasteiger partial charge in [0.2, 0.25) is 0 Å². The van der Waals surface area contributed by atoms with E-state index in [4.69, 9.17) is 0 Å². The van der Waals surface area contributed by atoms with E-state index < -0.39 is 0 Å². The van der Waals surface area contributed by atoms with Crippen LogP contribution in [-0.2, 0) is 13.6 Å². The van der Waals surface area contributed by atoms with Crippen LogP contribution in [0, 0.1) is 0 Å². The first kappa shape index (κ1) is 11.5. The second-order valence-electron chi connectivity index (χ2n) is 3.73. The summed E-state index contributed by atoms with van der Waals surface area (Å²) in [6, 6.07) is 7.39. The molecular formula is C12H14N4O. The molecule has 88 valence electrons. The smallest absolute Gasteiger partial charge is 0.271 e. The van der Waals surface area contributed by atoms with E-state index in [2.05, 4.69) is 15.4 Å². The van der Waals surface area contributed by atoms with Crippen LogP contribution in [-0.4, -0.2) is 21.8 Å². The number of rotatable bonds is 3. The number of nitrogens with zero attached hydrogens (tertiary/aromatic N) is 3. The van der Waals surface area contributed by atoms with Gasteiger partial charge in [-0.15, -0.1) is 0 Å². The van der Waals surface area contributed by atoms with Crippen molar-refractivity contribution in [3.05, 3.63) is 46.4 Å². The fraction of sp³-hybridized carbons (Fsp3) is 0.250. The molecule has 0 aliphatic rings. The number of aromatic nitrogens is 3. The van der Waals surface area contributed by atoms with Crippen LogP contribution in [0.3, 0.4) is 0 Å². The lowest BCUT2D eigenvalue weighted by Gasteiger charge is -2.06. The molecule has 0 spiro atoms. The van der Waals surface area contributed by atoms with Gasteiger partial charge in [-0.25, -0.2) is 4.68 Å². The average molecular weight is 230 g/mol. The standard InChI is InChI=1S/C12H14N4O/c1-13-8-9-7-11(15-16(2)12(9)17)10-5-3-4-6-14-10/h3-7,13H,8H2,1-2H3. The molecule has 0 bridgehead atoms. The minimum absolute atomic E-state index is 0.0842. The van der Waals surface area contributed by atoms with E-state index in [1.807, 2.05) is 18.2 Å². The summed E-state index contributed by atoms with van der Waals surface area (Å²) in [5.74, 6) is 0. The van der Waals surface area contributed by atoms with E-state index in [1.54, 1.807) is 26.4 Å². The Labute approximate surface area is 99.1 Å². The minimum Gasteiger partial charge on any atom is -0.315 e. The molecule has 2 rings (SSSR count). The zero-order valence-electron chi connectivity index (χ0n) is 9.84. The van der Waals surface area contributed by atoms with Crippen LogP contribution in [0.1, 0.15) is 5.56 Å². The number of pyridine rings is 1. The molecule has 5 nitrogen and oxygen atoms in total. The molecule has 0 unspecified atom stereocenters. The highest BCUT2D eigenvalue weighted by atomic mass is 16.1. The third kappa shape index (κ3) is 2.39. The third-order valence-corrected chi connectivity index (χ3v) is 2.43. The molecular weight excluding hydrogens is 216 g/mol. The summed E-state index contributed by atoms with van der Waals surface area (Å²) in [6.45, 7) is 0.523. The summed E-state index contributed by atoms with van der Waals surface area (Å²) in [7, 11) is 3.45. The van der Waals surface area contributed by atoms with Crippen LogP contribution < -0.4 is 10.9 Å². The number of hydrogen-bond acceptors (Lipinski definition) is 4. The van der Waals surface area contributed by atoms with Crippen molar-refractivity contribution < 1.29 is 0 Å². The number of hydrogen-bond donors (Lipinski definition) is 1. The Bertz CT molecular complexity index is 562. The SMILES string of the molecule is CNCc1cc(-c2ccccn2)nn(C)c1=O. The molecule has 0 aliphatic carbocycles. The van der Waals surface area contributed by atoms with E-state index in [0.29, 0.717) is 17.8 Å². The Morgan fingerprint density at radius 2 is 2.18 bits per heavy atom. The molecule has 2 heterocycles. The molecule has 0 aliphatic heterocycles. The molecule has 0 amide bonds. The van der Waals surface area contributed by atoms with E-state index >= 15 is 0 Å². The number of aryl methyl sites for hydroxylation is 1. The zero-order valence-corrected chi connectivity index (χ0v) is 9.84. The second kappa shape index (κ2) is 4.88. The lowest BCUT2D eigenvalue weighted by atomic mass is 10.2. The first-order valence-corrected chi connectivity index (χ1v) is 5.35. The van der Waals surface area contributed by atoms with Gasteiger partial charge in [0.25, 0.3) is 5.56 Å². The van der Waals surface area contributed by atoms with Gasteiger partial charge in [0.15, 0.2) is 0 Å². The fourth-order valence-corrected chi connectivity index (χ4v) is 1.63. The Morgan fingerprint density at radius 1 is 1.35 bits per heavy atom. The molecule has 0 atom stereocenters. The summed E-state index contributed by atoms with van der Waals surface area (Å²) in [6.07, 6.45) is 1.71. The Balaban J connectivity index is 2.53. The predicted octanol–water partition coefficient (Wildman–Crippen LogP) is 0.562. The molecule has 0 radical (unpaired) electrons. The van der Waals surface area contributed by atoms with Crippen LogP contribution in [0.4, 0.5) is 0 Å². The molecule has 0 saturated heterocycles. The minimum atomic E-state index is -0.0842. The fourth-order valence-electron chi connectivity index (χ4n) is 1.63.